The van der Waals surface area contributed by atoms with E-state index >= 15 is 0 Å². The summed E-state index contributed by atoms with van der Waals surface area (Å²) in [4.78, 5) is 0. The molecule has 0 saturated heterocycles. The molecule has 0 atom stereocenters. The number of hydrogen-bond acceptors (Lipinski definition) is 4. The standard InChI is InChI=1S/La.4H2O.Pb.Ti.2H/h;4*1H2;;;;/q;;;;;;+4;;/p-4. The van der Waals surface area contributed by atoms with Gasteiger partial charge in [-0.15, -0.1) is 0 Å². The van der Waals surface area contributed by atoms with Crippen LogP contribution in [0.3, 0.4) is 0 Å². The predicted molar refractivity (Wildman–Crippen MR) is 17.4 cm³/mol. The molecule has 41 valence electrons. The molecule has 0 aliphatic heterocycles. The molecule has 3 radical (unpaired) electrons. The molecule has 0 aliphatic rings. The second kappa shape index (κ2) is 6.79. The Morgan fingerprint density at radius 1 is 0.857 bits per heavy atom. The van der Waals surface area contributed by atoms with E-state index in [1.54, 1.807) is 0 Å². The normalized spacial score (nSPS) is 8.57. The zero-order valence-corrected chi connectivity index (χ0v) is 14.3. The summed E-state index contributed by atoms with van der Waals surface area (Å²) < 4.78 is 29.5. The average Bonchev–Trinajstić information content (AvgIpc) is 0.722. The van der Waals surface area contributed by atoms with Crippen LogP contribution in [0, 0.1) is 35.6 Å². The van der Waals surface area contributed by atoms with E-state index in [1.807, 2.05) is 0 Å². The minimum atomic E-state index is -5.00. The summed E-state index contributed by atoms with van der Waals surface area (Å²) in [5.74, 6) is 0. The van der Waals surface area contributed by atoms with E-state index < -0.39 is 18.1 Å². The monoisotopic (exact) mass is 465 g/mol. The maximum atomic E-state index is 7.38. The summed E-state index contributed by atoms with van der Waals surface area (Å²) in [5, 5.41) is 0. The third-order valence-electron chi connectivity index (χ3n) is 0. The van der Waals surface area contributed by atoms with Gasteiger partial charge in [0.25, 0.3) is 0 Å². The van der Waals surface area contributed by atoms with Gasteiger partial charge >= 0.3 is 60.2 Å². The molecule has 4 N–H and O–H groups in total. The van der Waals surface area contributed by atoms with Gasteiger partial charge in [-0.05, 0) is 0 Å². The van der Waals surface area contributed by atoms with Gasteiger partial charge in [-0.1, -0.05) is 0 Å². The zero-order valence-electron chi connectivity index (χ0n) is 3.57. The van der Waals surface area contributed by atoms with Crippen molar-refractivity contribution in [1.29, 1.82) is 0 Å². The van der Waals surface area contributed by atoms with Gasteiger partial charge in [0.05, 0.1) is 0 Å². The molecule has 0 aromatic carbocycles. The van der Waals surface area contributed by atoms with Crippen LogP contribution < -0.4 is 0 Å². The van der Waals surface area contributed by atoms with Crippen LogP contribution in [0.25, 0.3) is 0 Å². The molecule has 0 bridgehead atoms. The number of hydrogen-bond donors (Lipinski definition) is 4. The fraction of sp³-hybridized carbons (Fsp3) is 0. The van der Waals surface area contributed by atoms with Crippen LogP contribution in [0.4, 0.5) is 0 Å². The van der Waals surface area contributed by atoms with E-state index in [1.165, 1.54) is 0 Å². The molecule has 0 spiro atoms. The van der Waals surface area contributed by atoms with Gasteiger partial charge in [-0.2, -0.15) is 0 Å². The molecule has 0 rings (SSSR count). The second-order valence-corrected chi connectivity index (χ2v) is 2.47. The summed E-state index contributed by atoms with van der Waals surface area (Å²) in [6.07, 6.45) is 0. The molecule has 7 heteroatoms. The van der Waals surface area contributed by atoms with E-state index in [-0.39, 0.29) is 62.9 Å². The Morgan fingerprint density at radius 2 is 0.857 bits per heavy atom. The van der Waals surface area contributed by atoms with Gasteiger partial charge < -0.3 is 0 Å². The SMILES string of the molecule is [La].[OH][Ti]([OH])([OH])[OH].[PbH2]. The molecular weight excluding hydrogens is 458 g/mol. The molecule has 0 aromatic heterocycles. The third kappa shape index (κ3) is 54.1. The Morgan fingerprint density at radius 3 is 0.857 bits per heavy atom. The number of rotatable bonds is 0. The van der Waals surface area contributed by atoms with Crippen molar-refractivity contribution in [2.24, 2.45) is 0 Å². The average molecular weight is 464 g/mol. The quantitative estimate of drug-likeness (QED) is 0.286. The second-order valence-electron chi connectivity index (χ2n) is 0.600. The van der Waals surface area contributed by atoms with Crippen molar-refractivity contribution in [3.05, 3.63) is 0 Å². The van der Waals surface area contributed by atoms with Gasteiger partial charge in [0, 0.05) is 35.6 Å². The van der Waals surface area contributed by atoms with E-state index in [0.717, 1.165) is 0 Å². The van der Waals surface area contributed by atoms with Crippen LogP contribution in [0.2, 0.25) is 0 Å². The van der Waals surface area contributed by atoms with E-state index in [0.29, 0.717) is 0 Å². The zero-order chi connectivity index (χ0) is 4.50. The van der Waals surface area contributed by atoms with Crippen molar-refractivity contribution in [3.63, 3.8) is 0 Å². The molecule has 0 fully saturated rings. The van der Waals surface area contributed by atoms with Gasteiger partial charge in [-0.25, -0.2) is 0 Å². The molecule has 7 heavy (non-hydrogen) atoms. The fourth-order valence-corrected chi connectivity index (χ4v) is 0. The molecule has 0 amide bonds. The first-order valence-electron chi connectivity index (χ1n) is 0.894. The Bertz CT molecular complexity index is 27.2. The fourth-order valence-electron chi connectivity index (χ4n) is 0. The molecule has 4 nitrogen and oxygen atoms in total. The van der Waals surface area contributed by atoms with Crippen LogP contribution in [-0.2, 0) is 18.1 Å². The van der Waals surface area contributed by atoms with E-state index in [2.05, 4.69) is 0 Å². The van der Waals surface area contributed by atoms with Gasteiger partial charge in [0.1, 0.15) is 0 Å². The van der Waals surface area contributed by atoms with Crippen molar-refractivity contribution < 1.29 is 68.5 Å². The van der Waals surface area contributed by atoms with Gasteiger partial charge in [0.2, 0.25) is 0 Å². The Labute approximate surface area is 94.0 Å². The first-order valence-corrected chi connectivity index (χ1v) is 3.69. The first-order chi connectivity index (χ1) is 2.00. The Balaban J connectivity index is -0.0000000800. The van der Waals surface area contributed by atoms with Crippen LogP contribution in [0.1, 0.15) is 0 Å². The summed E-state index contributed by atoms with van der Waals surface area (Å²) >= 11 is -5.00. The molecule has 0 aromatic rings. The van der Waals surface area contributed by atoms with Crippen molar-refractivity contribution in [1.82, 2.24) is 0 Å². The first kappa shape index (κ1) is 16.3. The van der Waals surface area contributed by atoms with Crippen LogP contribution >= 0.6 is 0 Å². The van der Waals surface area contributed by atoms with E-state index in [4.69, 9.17) is 14.8 Å². The van der Waals surface area contributed by atoms with Crippen molar-refractivity contribution in [2.45, 2.75) is 0 Å². The van der Waals surface area contributed by atoms with Crippen LogP contribution in [-0.4, -0.2) is 42.1 Å². The van der Waals surface area contributed by atoms with Gasteiger partial charge in [-0.3, -0.25) is 0 Å². The Hall–Kier alpha value is 2.67. The van der Waals surface area contributed by atoms with Crippen molar-refractivity contribution in [2.75, 3.05) is 0 Å². The predicted octanol–water partition coefficient (Wildman–Crippen LogP) is -3.15. The summed E-state index contributed by atoms with van der Waals surface area (Å²) in [5.41, 5.74) is 0. The topological polar surface area (TPSA) is 80.9 Å². The molecule has 0 heterocycles. The van der Waals surface area contributed by atoms with E-state index in [9.17, 15) is 0 Å². The van der Waals surface area contributed by atoms with Gasteiger partial charge in [0.15, 0.2) is 0 Å². The molecule has 0 saturated carbocycles. The van der Waals surface area contributed by atoms with Crippen LogP contribution in [0.15, 0.2) is 0 Å². The molecular formula is H6LaO4PbTi. The summed E-state index contributed by atoms with van der Waals surface area (Å²) in [7, 11) is 0. The minimum absolute atomic E-state index is 0. The third-order valence-corrected chi connectivity index (χ3v) is 0. The summed E-state index contributed by atoms with van der Waals surface area (Å²) in [6.45, 7) is 0. The maximum absolute atomic E-state index is 7.38. The summed E-state index contributed by atoms with van der Waals surface area (Å²) in [6, 6.07) is 0. The molecule has 0 unspecified atom stereocenters. The Kier molecular flexibility index (Phi) is 15.8. The van der Waals surface area contributed by atoms with Crippen LogP contribution in [0.5, 0.6) is 0 Å². The van der Waals surface area contributed by atoms with Crippen molar-refractivity contribution in [3.8, 4) is 0 Å². The molecule has 0 aliphatic carbocycles. The van der Waals surface area contributed by atoms with Crippen molar-refractivity contribution >= 4 is 27.3 Å².